The normalized spacial score (nSPS) is 11.5. The van der Waals surface area contributed by atoms with Crippen LogP contribution in [0, 0.1) is 0 Å². The third-order valence-corrected chi connectivity index (χ3v) is 5.85. The van der Waals surface area contributed by atoms with Gasteiger partial charge in [-0.3, -0.25) is 0 Å². The zero-order valence-electron chi connectivity index (χ0n) is 14.2. The lowest BCUT2D eigenvalue weighted by Gasteiger charge is -1.91. The van der Waals surface area contributed by atoms with Gasteiger partial charge < -0.3 is 0 Å². The predicted octanol–water partition coefficient (Wildman–Crippen LogP) is 7.82. The van der Waals surface area contributed by atoms with Crippen LogP contribution in [-0.4, -0.2) is 0 Å². The van der Waals surface area contributed by atoms with E-state index in [2.05, 4.69) is 95.7 Å². The van der Waals surface area contributed by atoms with Gasteiger partial charge >= 0.3 is 0 Å². The first-order valence-corrected chi connectivity index (χ1v) is 10.3. The Labute approximate surface area is 162 Å². The summed E-state index contributed by atoms with van der Waals surface area (Å²) in [5.74, 6) is 0. The van der Waals surface area contributed by atoms with Crippen molar-refractivity contribution < 1.29 is 0 Å². The lowest BCUT2D eigenvalue weighted by Crippen LogP contribution is -1.69. The Bertz CT molecular complexity index is 933. The van der Waals surface area contributed by atoms with Crippen molar-refractivity contribution in [3.8, 4) is 11.1 Å². The lowest BCUT2D eigenvalue weighted by atomic mass is 10.1. The molecule has 0 aliphatic carbocycles. The van der Waals surface area contributed by atoms with Gasteiger partial charge in [-0.1, -0.05) is 72.8 Å². The minimum Gasteiger partial charge on any atom is -0.144 e. The van der Waals surface area contributed by atoms with Crippen molar-refractivity contribution in [2.45, 2.75) is 0 Å². The van der Waals surface area contributed by atoms with E-state index in [1.807, 2.05) is 12.1 Å². The number of hydrogen-bond donors (Lipinski definition) is 0. The van der Waals surface area contributed by atoms with Gasteiger partial charge in [-0.15, -0.1) is 22.7 Å². The van der Waals surface area contributed by atoms with Crippen molar-refractivity contribution in [3.63, 3.8) is 0 Å². The van der Waals surface area contributed by atoms with Gasteiger partial charge in [-0.2, -0.15) is 0 Å². The van der Waals surface area contributed by atoms with E-state index in [0.29, 0.717) is 0 Å². The summed E-state index contributed by atoms with van der Waals surface area (Å²) in [6, 6.07) is 25.3. The number of rotatable bonds is 5. The first-order valence-electron chi connectivity index (χ1n) is 8.50. The Morgan fingerprint density at radius 1 is 0.500 bits per heavy atom. The van der Waals surface area contributed by atoms with Gasteiger partial charge in [-0.05, 0) is 57.3 Å². The lowest BCUT2D eigenvalue weighted by molar-refractivity contribution is 1.67. The zero-order chi connectivity index (χ0) is 17.6. The Hall–Kier alpha value is -2.68. The van der Waals surface area contributed by atoms with Crippen LogP contribution in [0.1, 0.15) is 20.9 Å². The average Bonchev–Trinajstić information content (AvgIpc) is 3.36. The van der Waals surface area contributed by atoms with Crippen LogP contribution in [0.25, 0.3) is 35.4 Å². The Kier molecular flexibility index (Phi) is 5.25. The summed E-state index contributed by atoms with van der Waals surface area (Å²) in [7, 11) is 0. The maximum Gasteiger partial charge on any atom is 0.0276 e. The summed E-state index contributed by atoms with van der Waals surface area (Å²) in [5.41, 5.74) is 5.04. The van der Waals surface area contributed by atoms with Crippen molar-refractivity contribution in [1.82, 2.24) is 0 Å². The Morgan fingerprint density at radius 3 is 1.35 bits per heavy atom. The van der Waals surface area contributed by atoms with Crippen LogP contribution < -0.4 is 0 Å². The third-order valence-electron chi connectivity index (χ3n) is 4.05. The fraction of sp³-hybridized carbons (Fsp3) is 0. The third kappa shape index (κ3) is 4.29. The second-order valence-electron chi connectivity index (χ2n) is 5.96. The summed E-state index contributed by atoms with van der Waals surface area (Å²) in [6.45, 7) is 0. The molecule has 0 saturated carbocycles. The van der Waals surface area contributed by atoms with E-state index in [-0.39, 0.29) is 0 Å². The van der Waals surface area contributed by atoms with Crippen molar-refractivity contribution in [2.24, 2.45) is 0 Å². The molecule has 0 atom stereocenters. The molecule has 2 aromatic carbocycles. The predicted molar refractivity (Wildman–Crippen MR) is 118 cm³/mol. The molecule has 0 unspecified atom stereocenters. The van der Waals surface area contributed by atoms with E-state index in [4.69, 9.17) is 0 Å². The second kappa shape index (κ2) is 8.13. The summed E-state index contributed by atoms with van der Waals surface area (Å²) in [5, 5.41) is 4.47. The maximum atomic E-state index is 2.26. The smallest absolute Gasteiger partial charge is 0.0276 e. The highest BCUT2D eigenvalue weighted by Crippen LogP contribution is 2.31. The zero-order valence-corrected chi connectivity index (χ0v) is 15.8. The molecule has 4 rings (SSSR count). The van der Waals surface area contributed by atoms with Crippen LogP contribution >= 0.6 is 22.7 Å². The van der Waals surface area contributed by atoms with E-state index >= 15 is 0 Å². The topological polar surface area (TPSA) is 0 Å². The first-order chi connectivity index (χ1) is 12.9. The van der Waals surface area contributed by atoms with Gasteiger partial charge in [0.2, 0.25) is 0 Å². The van der Waals surface area contributed by atoms with Crippen LogP contribution in [0.5, 0.6) is 0 Å². The van der Waals surface area contributed by atoms with Gasteiger partial charge in [0.05, 0.1) is 0 Å². The highest BCUT2D eigenvalue weighted by Gasteiger charge is 2.03. The molecule has 0 radical (unpaired) electrons. The van der Waals surface area contributed by atoms with Crippen molar-refractivity contribution >= 4 is 47.0 Å². The molecule has 2 heterocycles. The van der Waals surface area contributed by atoms with Crippen molar-refractivity contribution in [3.05, 3.63) is 104 Å². The van der Waals surface area contributed by atoms with Gasteiger partial charge in [-0.25, -0.2) is 0 Å². The summed E-state index contributed by atoms with van der Waals surface area (Å²) in [6.07, 6.45) is 8.70. The van der Waals surface area contributed by atoms with Gasteiger partial charge in [0, 0.05) is 9.75 Å². The van der Waals surface area contributed by atoms with Crippen LogP contribution in [-0.2, 0) is 0 Å². The first kappa shape index (κ1) is 16.8. The fourth-order valence-corrected chi connectivity index (χ4v) is 4.29. The molecule has 0 amide bonds. The fourth-order valence-electron chi connectivity index (χ4n) is 2.67. The standard InChI is InChI=1S/C24H18S2/c1-3-7-19(8-4-1)11-13-23-15-21(17-25-23)22-16-24(26-18-22)14-12-20-9-5-2-6-10-20/h1-18H. The van der Waals surface area contributed by atoms with Gasteiger partial charge in [0.1, 0.15) is 0 Å². The van der Waals surface area contributed by atoms with Crippen LogP contribution in [0.15, 0.2) is 83.6 Å². The molecule has 2 aromatic heterocycles. The summed E-state index contributed by atoms with van der Waals surface area (Å²) >= 11 is 3.57. The molecule has 0 nitrogen and oxygen atoms in total. The quantitative estimate of drug-likeness (QED) is 0.336. The Balaban J connectivity index is 1.47. The molecule has 126 valence electrons. The van der Waals surface area contributed by atoms with E-state index in [1.165, 1.54) is 32.0 Å². The largest absolute Gasteiger partial charge is 0.144 e. The monoisotopic (exact) mass is 370 g/mol. The maximum absolute atomic E-state index is 2.26. The molecule has 0 aliphatic rings. The number of thiophene rings is 2. The highest BCUT2D eigenvalue weighted by molar-refractivity contribution is 7.12. The molecule has 0 spiro atoms. The van der Waals surface area contributed by atoms with Gasteiger partial charge in [0.15, 0.2) is 0 Å². The minimum absolute atomic E-state index is 1.23. The van der Waals surface area contributed by atoms with Crippen molar-refractivity contribution in [2.75, 3.05) is 0 Å². The molecule has 0 N–H and O–H groups in total. The van der Waals surface area contributed by atoms with Crippen molar-refractivity contribution in [1.29, 1.82) is 0 Å². The number of benzene rings is 2. The summed E-state index contributed by atoms with van der Waals surface area (Å²) < 4.78 is 0. The molecular weight excluding hydrogens is 352 g/mol. The summed E-state index contributed by atoms with van der Waals surface area (Å²) in [4.78, 5) is 2.55. The Morgan fingerprint density at radius 2 is 0.923 bits per heavy atom. The molecule has 2 heteroatoms. The van der Waals surface area contributed by atoms with E-state index < -0.39 is 0 Å². The molecular formula is C24H18S2. The highest BCUT2D eigenvalue weighted by atomic mass is 32.1. The van der Waals surface area contributed by atoms with E-state index in [9.17, 15) is 0 Å². The van der Waals surface area contributed by atoms with E-state index in [1.54, 1.807) is 22.7 Å². The average molecular weight is 371 g/mol. The van der Waals surface area contributed by atoms with Crippen LogP contribution in [0.2, 0.25) is 0 Å². The molecule has 0 fully saturated rings. The SMILES string of the molecule is C(=Cc1cc(-c2csc(C=Cc3ccccc3)c2)cs1)c1ccccc1. The van der Waals surface area contributed by atoms with Gasteiger partial charge in [0.25, 0.3) is 0 Å². The number of hydrogen-bond acceptors (Lipinski definition) is 2. The van der Waals surface area contributed by atoms with Crippen LogP contribution in [0.3, 0.4) is 0 Å². The molecule has 26 heavy (non-hydrogen) atoms. The molecule has 0 bridgehead atoms. The van der Waals surface area contributed by atoms with Crippen LogP contribution in [0.4, 0.5) is 0 Å². The second-order valence-corrected chi connectivity index (χ2v) is 7.85. The molecule has 4 aromatic rings. The molecule has 0 saturated heterocycles. The van der Waals surface area contributed by atoms with E-state index in [0.717, 1.165) is 0 Å². The molecule has 0 aliphatic heterocycles. The minimum atomic E-state index is 1.23.